The average Bonchev–Trinajstić information content (AvgIpc) is 2.82. The molecule has 1 heterocycles. The van der Waals surface area contributed by atoms with E-state index in [4.69, 9.17) is 16.3 Å². The highest BCUT2D eigenvalue weighted by atomic mass is 79.9. The molecule has 2 nitrogen and oxygen atoms in total. The van der Waals surface area contributed by atoms with E-state index in [2.05, 4.69) is 44.9 Å². The molecule has 0 saturated heterocycles. The van der Waals surface area contributed by atoms with Gasteiger partial charge in [0.05, 0.1) is 13.7 Å². The Morgan fingerprint density at radius 3 is 2.80 bits per heavy atom. The maximum atomic E-state index is 6.09. The van der Waals surface area contributed by atoms with E-state index in [1.54, 1.807) is 7.11 Å². The normalized spacial score (nSPS) is 10.9. The van der Waals surface area contributed by atoms with Crippen LogP contribution in [-0.2, 0) is 6.54 Å². The zero-order chi connectivity index (χ0) is 14.1. The predicted octanol–water partition coefficient (Wildman–Crippen LogP) is 5.11. The van der Waals surface area contributed by atoms with Gasteiger partial charge in [-0.05, 0) is 41.8 Å². The van der Waals surface area contributed by atoms with E-state index < -0.39 is 0 Å². The zero-order valence-corrected chi connectivity index (χ0v) is 13.3. The molecule has 0 atom stereocenters. The highest BCUT2D eigenvalue weighted by molar-refractivity contribution is 9.10. The van der Waals surface area contributed by atoms with Crippen LogP contribution in [0.2, 0.25) is 5.02 Å². The largest absolute Gasteiger partial charge is 0.496 e. The first-order valence-electron chi connectivity index (χ1n) is 6.24. The Hall–Kier alpha value is -1.45. The third-order valence-electron chi connectivity index (χ3n) is 3.32. The van der Waals surface area contributed by atoms with Crippen molar-refractivity contribution in [1.29, 1.82) is 0 Å². The molecule has 0 unspecified atom stereocenters. The van der Waals surface area contributed by atoms with Crippen LogP contribution in [0.25, 0.3) is 10.9 Å². The van der Waals surface area contributed by atoms with Crippen LogP contribution in [0.4, 0.5) is 0 Å². The van der Waals surface area contributed by atoms with Gasteiger partial charge in [-0.25, -0.2) is 0 Å². The monoisotopic (exact) mass is 349 g/mol. The Labute approximate surface area is 131 Å². The molecular weight excluding hydrogens is 338 g/mol. The van der Waals surface area contributed by atoms with Crippen LogP contribution in [0.15, 0.2) is 53.1 Å². The number of ether oxygens (including phenoxy) is 1. The lowest BCUT2D eigenvalue weighted by Gasteiger charge is -2.11. The van der Waals surface area contributed by atoms with Crippen LogP contribution in [-0.4, -0.2) is 11.7 Å². The number of halogens is 2. The molecule has 1 aromatic heterocycles. The molecule has 4 heteroatoms. The average molecular weight is 351 g/mol. The van der Waals surface area contributed by atoms with Gasteiger partial charge in [-0.2, -0.15) is 0 Å². The second-order valence-electron chi connectivity index (χ2n) is 4.60. The Morgan fingerprint density at radius 1 is 1.15 bits per heavy atom. The number of fused-ring (bicyclic) bond motifs is 1. The van der Waals surface area contributed by atoms with Gasteiger partial charge in [-0.3, -0.25) is 0 Å². The molecule has 0 N–H and O–H groups in total. The minimum absolute atomic E-state index is 0.721. The second-order valence-corrected chi connectivity index (χ2v) is 5.96. The van der Waals surface area contributed by atoms with Gasteiger partial charge >= 0.3 is 0 Å². The number of benzene rings is 2. The van der Waals surface area contributed by atoms with Gasteiger partial charge in [0.15, 0.2) is 0 Å². The third kappa shape index (κ3) is 2.56. The first kappa shape index (κ1) is 13.5. The van der Waals surface area contributed by atoms with Gasteiger partial charge in [-0.1, -0.05) is 33.6 Å². The summed E-state index contributed by atoms with van der Waals surface area (Å²) in [5.74, 6) is 0.853. The smallest absolute Gasteiger partial charge is 0.123 e. The third-order valence-corrected chi connectivity index (χ3v) is 4.05. The van der Waals surface area contributed by atoms with Crippen LogP contribution < -0.4 is 4.74 Å². The Balaban J connectivity index is 2.05. The molecule has 2 aromatic carbocycles. The number of aromatic nitrogens is 1. The summed E-state index contributed by atoms with van der Waals surface area (Å²) in [7, 11) is 1.68. The van der Waals surface area contributed by atoms with Gasteiger partial charge < -0.3 is 9.30 Å². The number of nitrogens with zero attached hydrogens (tertiary/aromatic N) is 1. The summed E-state index contributed by atoms with van der Waals surface area (Å²) in [4.78, 5) is 0. The van der Waals surface area contributed by atoms with Crippen molar-refractivity contribution in [2.45, 2.75) is 6.54 Å². The number of hydrogen-bond acceptors (Lipinski definition) is 1. The van der Waals surface area contributed by atoms with E-state index >= 15 is 0 Å². The fourth-order valence-corrected chi connectivity index (χ4v) is 2.89. The molecule has 3 aromatic rings. The van der Waals surface area contributed by atoms with E-state index in [-0.39, 0.29) is 0 Å². The zero-order valence-electron chi connectivity index (χ0n) is 10.9. The Bertz CT molecular complexity index is 766. The lowest BCUT2D eigenvalue weighted by Crippen LogP contribution is -2.00. The number of methoxy groups -OCH3 is 1. The molecule has 0 aliphatic heterocycles. The molecule has 0 fully saturated rings. The van der Waals surface area contributed by atoms with Gasteiger partial charge in [0.2, 0.25) is 0 Å². The van der Waals surface area contributed by atoms with Crippen LogP contribution in [0.3, 0.4) is 0 Å². The van der Waals surface area contributed by atoms with Crippen LogP contribution >= 0.6 is 27.5 Å². The molecule has 102 valence electrons. The summed E-state index contributed by atoms with van der Waals surface area (Å²) < 4.78 is 8.66. The topological polar surface area (TPSA) is 14.2 Å². The van der Waals surface area contributed by atoms with E-state index in [0.717, 1.165) is 27.4 Å². The molecule has 0 aliphatic carbocycles. The maximum Gasteiger partial charge on any atom is 0.123 e. The fourth-order valence-electron chi connectivity index (χ4n) is 2.35. The molecular formula is C16H13BrClNO. The summed E-state index contributed by atoms with van der Waals surface area (Å²) in [6.07, 6.45) is 2.08. The van der Waals surface area contributed by atoms with Gasteiger partial charge in [0, 0.05) is 26.8 Å². The van der Waals surface area contributed by atoms with Crippen molar-refractivity contribution in [1.82, 2.24) is 4.57 Å². The maximum absolute atomic E-state index is 6.09. The lowest BCUT2D eigenvalue weighted by molar-refractivity contribution is 0.408. The summed E-state index contributed by atoms with van der Waals surface area (Å²) in [5.41, 5.74) is 2.25. The van der Waals surface area contributed by atoms with Crippen molar-refractivity contribution in [2.24, 2.45) is 0 Å². The van der Waals surface area contributed by atoms with E-state index in [9.17, 15) is 0 Å². The van der Waals surface area contributed by atoms with Crippen molar-refractivity contribution in [3.8, 4) is 5.75 Å². The minimum atomic E-state index is 0.721. The molecule has 0 spiro atoms. The highest BCUT2D eigenvalue weighted by Gasteiger charge is 2.07. The minimum Gasteiger partial charge on any atom is -0.496 e. The van der Waals surface area contributed by atoms with Crippen molar-refractivity contribution in [3.63, 3.8) is 0 Å². The van der Waals surface area contributed by atoms with Crippen LogP contribution in [0.5, 0.6) is 5.75 Å². The summed E-state index contributed by atoms with van der Waals surface area (Å²) in [6, 6.07) is 14.1. The number of rotatable bonds is 3. The fraction of sp³-hybridized carbons (Fsp3) is 0.125. The van der Waals surface area contributed by atoms with Crippen molar-refractivity contribution in [2.75, 3.05) is 7.11 Å². The number of hydrogen-bond donors (Lipinski definition) is 0. The SMILES string of the molecule is COc1ccc(Cl)cc1Cn1ccc2ccc(Br)cc21. The predicted molar refractivity (Wildman–Crippen MR) is 86.7 cm³/mol. The summed E-state index contributed by atoms with van der Waals surface area (Å²) >= 11 is 9.60. The Kier molecular flexibility index (Phi) is 3.72. The van der Waals surface area contributed by atoms with Gasteiger partial charge in [0.25, 0.3) is 0 Å². The first-order chi connectivity index (χ1) is 9.67. The van der Waals surface area contributed by atoms with Gasteiger partial charge in [0.1, 0.15) is 5.75 Å². The lowest BCUT2D eigenvalue weighted by atomic mass is 10.2. The van der Waals surface area contributed by atoms with E-state index in [1.165, 1.54) is 10.9 Å². The molecule has 0 aliphatic rings. The van der Waals surface area contributed by atoms with Crippen LogP contribution in [0, 0.1) is 0 Å². The van der Waals surface area contributed by atoms with Crippen molar-refractivity contribution >= 4 is 38.4 Å². The highest BCUT2D eigenvalue weighted by Crippen LogP contribution is 2.26. The first-order valence-corrected chi connectivity index (χ1v) is 7.41. The molecule has 0 bridgehead atoms. The van der Waals surface area contributed by atoms with Crippen molar-refractivity contribution < 1.29 is 4.74 Å². The van der Waals surface area contributed by atoms with E-state index in [0.29, 0.717) is 0 Å². The standard InChI is InChI=1S/C16H13BrClNO/c1-20-16-5-4-14(18)8-12(16)10-19-7-6-11-2-3-13(17)9-15(11)19/h2-9H,10H2,1H3. The van der Waals surface area contributed by atoms with Crippen LogP contribution in [0.1, 0.15) is 5.56 Å². The quantitative estimate of drug-likeness (QED) is 0.640. The van der Waals surface area contributed by atoms with Crippen molar-refractivity contribution in [3.05, 3.63) is 63.7 Å². The van der Waals surface area contributed by atoms with Gasteiger partial charge in [-0.15, -0.1) is 0 Å². The molecule has 0 radical (unpaired) electrons. The molecule has 20 heavy (non-hydrogen) atoms. The molecule has 0 amide bonds. The molecule has 3 rings (SSSR count). The Morgan fingerprint density at radius 2 is 2.00 bits per heavy atom. The summed E-state index contributed by atoms with van der Waals surface area (Å²) in [6.45, 7) is 0.726. The summed E-state index contributed by atoms with van der Waals surface area (Å²) in [5, 5.41) is 1.94. The second kappa shape index (κ2) is 5.51. The van der Waals surface area contributed by atoms with E-state index in [1.807, 2.05) is 24.3 Å². The molecule has 0 saturated carbocycles.